The average molecular weight is 435 g/mol. The molecule has 1 fully saturated rings. The van der Waals surface area contributed by atoms with Crippen molar-refractivity contribution in [1.29, 1.82) is 0 Å². The first-order valence-corrected chi connectivity index (χ1v) is 10.8. The summed E-state index contributed by atoms with van der Waals surface area (Å²) in [5, 5.41) is 16.5. The Hall–Kier alpha value is -2.50. The van der Waals surface area contributed by atoms with Gasteiger partial charge in [0.15, 0.2) is 4.34 Å². The molecular formula is C18H19FN6O2S2. The lowest BCUT2D eigenvalue weighted by molar-refractivity contribution is -0.113. The molecule has 0 atom stereocenters. The summed E-state index contributed by atoms with van der Waals surface area (Å²) in [6, 6.07) is 7.71. The molecule has 0 spiro atoms. The number of thioether (sulfide) groups is 1. The van der Waals surface area contributed by atoms with E-state index < -0.39 is 0 Å². The Morgan fingerprint density at radius 3 is 2.79 bits per heavy atom. The molecule has 11 heteroatoms. The summed E-state index contributed by atoms with van der Waals surface area (Å²) in [6.07, 6.45) is 0. The van der Waals surface area contributed by atoms with E-state index in [1.165, 1.54) is 35.2 Å². The molecule has 1 aromatic carbocycles. The number of ether oxygens (including phenoxy) is 1. The molecule has 0 aliphatic carbocycles. The quantitative estimate of drug-likeness (QED) is 0.597. The summed E-state index contributed by atoms with van der Waals surface area (Å²) in [5.74, 6) is 0.228. The molecule has 0 bridgehead atoms. The third-order valence-electron chi connectivity index (χ3n) is 4.17. The van der Waals surface area contributed by atoms with Crippen LogP contribution in [0.3, 0.4) is 0 Å². The molecule has 0 saturated carbocycles. The van der Waals surface area contributed by atoms with Crippen LogP contribution in [0.1, 0.15) is 5.69 Å². The SMILES string of the molecule is Cc1cc(NC(=O)CSc2nnc(N3CCOCC3)s2)n(-c2ccc(F)cc2)n1. The van der Waals surface area contributed by atoms with Crippen LogP contribution < -0.4 is 10.2 Å². The van der Waals surface area contributed by atoms with Crippen LogP contribution >= 0.6 is 23.1 Å². The van der Waals surface area contributed by atoms with Crippen molar-refractivity contribution in [3.8, 4) is 5.69 Å². The Balaban J connectivity index is 1.37. The maximum Gasteiger partial charge on any atom is 0.235 e. The fourth-order valence-corrected chi connectivity index (χ4v) is 4.51. The van der Waals surface area contributed by atoms with Crippen molar-refractivity contribution in [2.45, 2.75) is 11.3 Å². The third-order valence-corrected chi connectivity index (χ3v) is 6.29. The lowest BCUT2D eigenvalue weighted by atomic mass is 10.3. The molecule has 29 heavy (non-hydrogen) atoms. The Morgan fingerprint density at radius 2 is 2.03 bits per heavy atom. The van der Waals surface area contributed by atoms with Gasteiger partial charge < -0.3 is 15.0 Å². The van der Waals surface area contributed by atoms with Gasteiger partial charge in [-0.05, 0) is 31.2 Å². The third kappa shape index (κ3) is 4.92. The molecule has 1 aliphatic rings. The lowest BCUT2D eigenvalue weighted by Gasteiger charge is -2.25. The number of nitrogens with one attached hydrogen (secondary N) is 1. The minimum atomic E-state index is -0.326. The number of carbonyl (C=O) groups is 1. The van der Waals surface area contributed by atoms with Gasteiger partial charge in [0, 0.05) is 19.2 Å². The van der Waals surface area contributed by atoms with Crippen LogP contribution in [0.4, 0.5) is 15.3 Å². The number of morpholine rings is 1. The van der Waals surface area contributed by atoms with E-state index in [0.717, 1.165) is 28.3 Å². The number of halogens is 1. The van der Waals surface area contributed by atoms with Crippen LogP contribution in [0, 0.1) is 12.7 Å². The van der Waals surface area contributed by atoms with Crippen LogP contribution in [0.15, 0.2) is 34.7 Å². The Morgan fingerprint density at radius 1 is 1.28 bits per heavy atom. The molecule has 1 N–H and O–H groups in total. The minimum Gasteiger partial charge on any atom is -0.378 e. The number of hydrogen-bond acceptors (Lipinski definition) is 8. The number of hydrogen-bond donors (Lipinski definition) is 1. The van der Waals surface area contributed by atoms with E-state index in [4.69, 9.17) is 4.74 Å². The molecular weight excluding hydrogens is 415 g/mol. The van der Waals surface area contributed by atoms with Crippen LogP contribution in [0.2, 0.25) is 0 Å². The second-order valence-corrected chi connectivity index (χ2v) is 8.52. The van der Waals surface area contributed by atoms with Crippen LogP contribution in [0.25, 0.3) is 5.69 Å². The summed E-state index contributed by atoms with van der Waals surface area (Å²) >= 11 is 2.81. The van der Waals surface area contributed by atoms with Gasteiger partial charge in [0.1, 0.15) is 11.6 Å². The van der Waals surface area contributed by atoms with Crippen LogP contribution in [-0.4, -0.2) is 57.9 Å². The van der Waals surface area contributed by atoms with Gasteiger partial charge in [0.05, 0.1) is 30.3 Å². The predicted octanol–water partition coefficient (Wildman–Crippen LogP) is 2.74. The second kappa shape index (κ2) is 8.89. The molecule has 4 rings (SSSR count). The highest BCUT2D eigenvalue weighted by Crippen LogP contribution is 2.28. The van der Waals surface area contributed by atoms with Gasteiger partial charge in [-0.3, -0.25) is 4.79 Å². The van der Waals surface area contributed by atoms with Crippen molar-refractivity contribution < 1.29 is 13.9 Å². The van der Waals surface area contributed by atoms with Gasteiger partial charge in [0.2, 0.25) is 11.0 Å². The number of amides is 1. The molecule has 2 aromatic heterocycles. The van der Waals surface area contributed by atoms with Crippen molar-refractivity contribution in [2.24, 2.45) is 0 Å². The zero-order valence-corrected chi connectivity index (χ0v) is 17.3. The van der Waals surface area contributed by atoms with Gasteiger partial charge in [-0.2, -0.15) is 5.10 Å². The number of aryl methyl sites for hydroxylation is 1. The summed E-state index contributed by atoms with van der Waals surface area (Å²) in [5.41, 5.74) is 1.42. The average Bonchev–Trinajstić information content (AvgIpc) is 3.34. The highest BCUT2D eigenvalue weighted by atomic mass is 32.2. The first-order valence-electron chi connectivity index (χ1n) is 9.00. The maximum atomic E-state index is 13.2. The fourth-order valence-electron chi connectivity index (χ4n) is 2.82. The number of benzene rings is 1. The number of rotatable bonds is 6. The molecule has 3 aromatic rings. The normalized spacial score (nSPS) is 14.2. The zero-order chi connectivity index (χ0) is 20.2. The molecule has 1 aliphatic heterocycles. The van der Waals surface area contributed by atoms with Gasteiger partial charge >= 0.3 is 0 Å². The van der Waals surface area contributed by atoms with Crippen LogP contribution in [-0.2, 0) is 9.53 Å². The lowest BCUT2D eigenvalue weighted by Crippen LogP contribution is -2.36. The summed E-state index contributed by atoms with van der Waals surface area (Å²) < 4.78 is 20.8. The molecule has 1 amide bonds. The fraction of sp³-hybridized carbons (Fsp3) is 0.333. The van der Waals surface area contributed by atoms with E-state index in [1.807, 2.05) is 6.92 Å². The predicted molar refractivity (Wildman–Crippen MR) is 111 cm³/mol. The number of anilines is 2. The van der Waals surface area contributed by atoms with E-state index in [9.17, 15) is 9.18 Å². The van der Waals surface area contributed by atoms with Gasteiger partial charge in [0.25, 0.3) is 0 Å². The highest BCUT2D eigenvalue weighted by molar-refractivity contribution is 8.01. The molecule has 8 nitrogen and oxygen atoms in total. The van der Waals surface area contributed by atoms with E-state index >= 15 is 0 Å². The molecule has 152 valence electrons. The number of aromatic nitrogens is 4. The summed E-state index contributed by atoms with van der Waals surface area (Å²) in [6.45, 7) is 4.80. The molecule has 3 heterocycles. The smallest absolute Gasteiger partial charge is 0.235 e. The first-order chi connectivity index (χ1) is 14.1. The maximum absolute atomic E-state index is 13.2. The van der Waals surface area contributed by atoms with Crippen molar-refractivity contribution >= 4 is 40.0 Å². The van der Waals surface area contributed by atoms with E-state index in [0.29, 0.717) is 24.7 Å². The van der Waals surface area contributed by atoms with Gasteiger partial charge in [-0.1, -0.05) is 23.1 Å². The zero-order valence-electron chi connectivity index (χ0n) is 15.7. The van der Waals surface area contributed by atoms with Gasteiger partial charge in [-0.15, -0.1) is 10.2 Å². The molecule has 1 saturated heterocycles. The number of carbonyl (C=O) groups excluding carboxylic acids is 1. The second-order valence-electron chi connectivity index (χ2n) is 6.35. The Kier molecular flexibility index (Phi) is 6.07. The van der Waals surface area contributed by atoms with Crippen LogP contribution in [0.5, 0.6) is 0 Å². The Labute approximate surface area is 175 Å². The van der Waals surface area contributed by atoms with Crippen molar-refractivity contribution in [3.05, 3.63) is 41.8 Å². The van der Waals surface area contributed by atoms with Crippen molar-refractivity contribution in [3.63, 3.8) is 0 Å². The van der Waals surface area contributed by atoms with E-state index in [2.05, 4.69) is 25.5 Å². The van der Waals surface area contributed by atoms with Crippen molar-refractivity contribution in [1.82, 2.24) is 20.0 Å². The standard InChI is InChI=1S/C18H19FN6O2S2/c1-12-10-15(25(23-12)14-4-2-13(19)3-5-14)20-16(26)11-28-18-22-21-17(29-18)24-6-8-27-9-7-24/h2-5,10H,6-9,11H2,1H3,(H,20,26). The van der Waals surface area contributed by atoms with E-state index in [1.54, 1.807) is 22.9 Å². The topological polar surface area (TPSA) is 85.2 Å². The monoisotopic (exact) mass is 434 g/mol. The molecule has 0 unspecified atom stereocenters. The highest BCUT2D eigenvalue weighted by Gasteiger charge is 2.17. The molecule has 0 radical (unpaired) electrons. The van der Waals surface area contributed by atoms with E-state index in [-0.39, 0.29) is 17.5 Å². The summed E-state index contributed by atoms with van der Waals surface area (Å²) in [7, 11) is 0. The van der Waals surface area contributed by atoms with Gasteiger partial charge in [-0.25, -0.2) is 9.07 Å². The number of nitrogens with zero attached hydrogens (tertiary/aromatic N) is 5. The Bertz CT molecular complexity index is 985. The largest absolute Gasteiger partial charge is 0.378 e. The first kappa shape index (κ1) is 19.8. The van der Waals surface area contributed by atoms with Crippen molar-refractivity contribution in [2.75, 3.05) is 42.3 Å². The summed E-state index contributed by atoms with van der Waals surface area (Å²) in [4.78, 5) is 14.6. The minimum absolute atomic E-state index is 0.179.